The number of nitrogens with one attached hydrogen (secondary N) is 2. The maximum absolute atomic E-state index is 13.4. The second-order valence-corrected chi connectivity index (χ2v) is 4.74. The summed E-state index contributed by atoms with van der Waals surface area (Å²) in [5, 5.41) is 3.08. The van der Waals surface area contributed by atoms with Gasteiger partial charge in [0.15, 0.2) is 11.6 Å². The van der Waals surface area contributed by atoms with Gasteiger partial charge in [0, 0.05) is 11.8 Å². The van der Waals surface area contributed by atoms with E-state index in [1.807, 2.05) is 11.8 Å². The van der Waals surface area contributed by atoms with E-state index in [9.17, 15) is 4.39 Å². The zero-order valence-corrected chi connectivity index (χ0v) is 9.56. The molecule has 0 spiro atoms. The molecule has 7 heteroatoms. The summed E-state index contributed by atoms with van der Waals surface area (Å²) >= 11 is 1.87. The van der Waals surface area contributed by atoms with Gasteiger partial charge in [-0.05, 0) is 18.6 Å². The molecule has 1 aromatic rings. The summed E-state index contributed by atoms with van der Waals surface area (Å²) in [6, 6.07) is 0.272. The van der Waals surface area contributed by atoms with Gasteiger partial charge in [-0.2, -0.15) is 16.7 Å². The van der Waals surface area contributed by atoms with Crippen molar-refractivity contribution in [2.75, 3.05) is 22.2 Å². The van der Waals surface area contributed by atoms with Gasteiger partial charge in [0.05, 0.1) is 6.20 Å². The molecule has 88 valence electrons. The van der Waals surface area contributed by atoms with Crippen LogP contribution in [0.15, 0.2) is 6.20 Å². The summed E-state index contributed by atoms with van der Waals surface area (Å²) in [6.45, 7) is 0. The van der Waals surface area contributed by atoms with Crippen molar-refractivity contribution < 1.29 is 4.39 Å². The van der Waals surface area contributed by atoms with Crippen LogP contribution in [-0.4, -0.2) is 27.5 Å². The Labute approximate surface area is 97.4 Å². The summed E-state index contributed by atoms with van der Waals surface area (Å²) in [7, 11) is 0. The van der Waals surface area contributed by atoms with Crippen molar-refractivity contribution in [3.05, 3.63) is 12.0 Å². The van der Waals surface area contributed by atoms with E-state index in [2.05, 4.69) is 20.7 Å². The summed E-state index contributed by atoms with van der Waals surface area (Å²) in [5.41, 5.74) is 2.30. The first-order valence-corrected chi connectivity index (χ1v) is 6.28. The quantitative estimate of drug-likeness (QED) is 0.547. The number of nitrogens with zero attached hydrogens (tertiary/aromatic N) is 2. The zero-order chi connectivity index (χ0) is 11.4. The minimum atomic E-state index is -0.449. The average molecular weight is 243 g/mol. The predicted molar refractivity (Wildman–Crippen MR) is 63.8 cm³/mol. The van der Waals surface area contributed by atoms with E-state index in [4.69, 9.17) is 5.84 Å². The molecule has 0 aliphatic carbocycles. The normalized spacial score (nSPS) is 20.5. The standard InChI is InChI=1S/C9H14FN5S/c10-7-4-12-9(15-11)14-8(7)13-6-2-1-3-16-5-6/h4,6H,1-3,5,11H2,(H2,12,13,14,15). The number of hydrogen-bond acceptors (Lipinski definition) is 6. The minimum Gasteiger partial charge on any atom is -0.364 e. The van der Waals surface area contributed by atoms with Gasteiger partial charge in [-0.25, -0.2) is 15.2 Å². The van der Waals surface area contributed by atoms with Gasteiger partial charge in [-0.15, -0.1) is 0 Å². The molecule has 0 bridgehead atoms. The van der Waals surface area contributed by atoms with Crippen molar-refractivity contribution in [3.8, 4) is 0 Å². The lowest BCUT2D eigenvalue weighted by molar-refractivity contribution is 0.606. The fourth-order valence-corrected chi connectivity index (χ4v) is 2.66. The topological polar surface area (TPSA) is 75.9 Å². The van der Waals surface area contributed by atoms with Crippen molar-refractivity contribution in [1.29, 1.82) is 0 Å². The third-order valence-corrected chi connectivity index (χ3v) is 3.59. The van der Waals surface area contributed by atoms with Crippen molar-refractivity contribution in [2.24, 2.45) is 5.84 Å². The first-order chi connectivity index (χ1) is 7.79. The molecule has 4 N–H and O–H groups in total. The highest BCUT2D eigenvalue weighted by Crippen LogP contribution is 2.21. The number of nitrogen functional groups attached to an aromatic ring is 1. The van der Waals surface area contributed by atoms with Crippen molar-refractivity contribution in [3.63, 3.8) is 0 Å². The maximum atomic E-state index is 13.4. The van der Waals surface area contributed by atoms with Crippen molar-refractivity contribution in [1.82, 2.24) is 9.97 Å². The van der Waals surface area contributed by atoms with Gasteiger partial charge < -0.3 is 5.32 Å². The third kappa shape index (κ3) is 2.73. The number of hydrazine groups is 1. The number of rotatable bonds is 3. The first kappa shape index (κ1) is 11.4. The molecule has 2 heterocycles. The van der Waals surface area contributed by atoms with Gasteiger partial charge in [-0.3, -0.25) is 5.43 Å². The molecule has 1 saturated heterocycles. The molecule has 0 radical (unpaired) electrons. The Morgan fingerprint density at radius 2 is 2.44 bits per heavy atom. The van der Waals surface area contributed by atoms with Crippen LogP contribution in [0.2, 0.25) is 0 Å². The summed E-state index contributed by atoms with van der Waals surface area (Å²) in [5.74, 6) is 7.32. The highest BCUT2D eigenvalue weighted by atomic mass is 32.2. The van der Waals surface area contributed by atoms with Gasteiger partial charge in [0.25, 0.3) is 0 Å². The number of anilines is 2. The lowest BCUT2D eigenvalue weighted by Crippen LogP contribution is -2.27. The Morgan fingerprint density at radius 1 is 1.56 bits per heavy atom. The number of halogens is 1. The molecule has 1 aliphatic rings. The fourth-order valence-electron chi connectivity index (χ4n) is 1.59. The van der Waals surface area contributed by atoms with Crippen LogP contribution in [0.5, 0.6) is 0 Å². The molecule has 0 aromatic carbocycles. The van der Waals surface area contributed by atoms with Gasteiger partial charge >= 0.3 is 0 Å². The van der Waals surface area contributed by atoms with Gasteiger partial charge in [0.2, 0.25) is 5.95 Å². The maximum Gasteiger partial charge on any atom is 0.239 e. The molecule has 16 heavy (non-hydrogen) atoms. The number of aromatic nitrogens is 2. The summed E-state index contributed by atoms with van der Waals surface area (Å²) in [6.07, 6.45) is 3.30. The second kappa shape index (κ2) is 5.31. The van der Waals surface area contributed by atoms with Crippen LogP contribution in [0, 0.1) is 5.82 Å². The monoisotopic (exact) mass is 243 g/mol. The van der Waals surface area contributed by atoms with E-state index < -0.39 is 5.82 Å². The molecule has 1 fully saturated rings. The molecule has 1 unspecified atom stereocenters. The highest BCUT2D eigenvalue weighted by Gasteiger charge is 2.16. The van der Waals surface area contributed by atoms with Crippen LogP contribution < -0.4 is 16.6 Å². The molecular weight excluding hydrogens is 229 g/mol. The summed E-state index contributed by atoms with van der Waals surface area (Å²) in [4.78, 5) is 7.63. The number of nitrogens with two attached hydrogens (primary N) is 1. The molecule has 1 aromatic heterocycles. The van der Waals surface area contributed by atoms with Gasteiger partial charge in [0.1, 0.15) is 0 Å². The van der Waals surface area contributed by atoms with Crippen LogP contribution in [-0.2, 0) is 0 Å². The average Bonchev–Trinajstić information content (AvgIpc) is 2.33. The Hall–Kier alpha value is -1.08. The first-order valence-electron chi connectivity index (χ1n) is 5.13. The molecule has 2 rings (SSSR count). The van der Waals surface area contributed by atoms with Crippen molar-refractivity contribution >= 4 is 23.5 Å². The predicted octanol–water partition coefficient (Wildman–Crippen LogP) is 1.21. The Kier molecular flexibility index (Phi) is 3.79. The lowest BCUT2D eigenvalue weighted by Gasteiger charge is -2.23. The Bertz CT molecular complexity index is 356. The Morgan fingerprint density at radius 3 is 3.12 bits per heavy atom. The lowest BCUT2D eigenvalue weighted by atomic mass is 10.2. The number of thioether (sulfide) groups is 1. The minimum absolute atomic E-state index is 0.215. The molecule has 5 nitrogen and oxygen atoms in total. The summed E-state index contributed by atoms with van der Waals surface area (Å²) < 4.78 is 13.4. The Balaban J connectivity index is 2.06. The highest BCUT2D eigenvalue weighted by molar-refractivity contribution is 7.99. The van der Waals surface area contributed by atoms with Crippen LogP contribution in [0.1, 0.15) is 12.8 Å². The largest absolute Gasteiger partial charge is 0.364 e. The third-order valence-electron chi connectivity index (χ3n) is 2.37. The second-order valence-electron chi connectivity index (χ2n) is 3.59. The van der Waals surface area contributed by atoms with Gasteiger partial charge in [-0.1, -0.05) is 0 Å². The van der Waals surface area contributed by atoms with Crippen LogP contribution in [0.25, 0.3) is 0 Å². The van der Waals surface area contributed by atoms with Crippen molar-refractivity contribution in [2.45, 2.75) is 18.9 Å². The molecule has 1 aliphatic heterocycles. The van der Waals surface area contributed by atoms with Crippen LogP contribution >= 0.6 is 11.8 Å². The molecule has 0 saturated carbocycles. The van der Waals surface area contributed by atoms with E-state index in [0.29, 0.717) is 0 Å². The smallest absolute Gasteiger partial charge is 0.239 e. The van der Waals surface area contributed by atoms with E-state index in [0.717, 1.165) is 24.8 Å². The van der Waals surface area contributed by atoms with Crippen LogP contribution in [0.4, 0.5) is 16.2 Å². The fraction of sp³-hybridized carbons (Fsp3) is 0.556. The zero-order valence-electron chi connectivity index (χ0n) is 8.74. The molecule has 0 amide bonds. The molecular formula is C9H14FN5S. The number of hydrogen-bond donors (Lipinski definition) is 3. The van der Waals surface area contributed by atoms with E-state index in [1.54, 1.807) is 0 Å². The van der Waals surface area contributed by atoms with Crippen LogP contribution in [0.3, 0.4) is 0 Å². The van der Waals surface area contributed by atoms with E-state index >= 15 is 0 Å². The van der Waals surface area contributed by atoms with E-state index in [1.165, 1.54) is 5.75 Å². The molecule has 1 atom stereocenters. The SMILES string of the molecule is NNc1ncc(F)c(NC2CCCSC2)n1. The van der Waals surface area contributed by atoms with E-state index in [-0.39, 0.29) is 17.8 Å².